The Morgan fingerprint density at radius 2 is 1.42 bits per heavy atom. The van der Waals surface area contributed by atoms with Crippen molar-refractivity contribution in [3.8, 4) is 0 Å². The Kier molecular flexibility index (Phi) is 5.66. The summed E-state index contributed by atoms with van der Waals surface area (Å²) >= 11 is 6.27. The number of rotatable bonds is 5. The van der Waals surface area contributed by atoms with Gasteiger partial charge in [0.05, 0.1) is 12.1 Å². The molecule has 1 heterocycles. The minimum Gasteiger partial charge on any atom is -0.350 e. The Bertz CT molecular complexity index is 1200. The summed E-state index contributed by atoms with van der Waals surface area (Å²) in [6.45, 7) is 6.08. The number of carbonyl (C=O) groups is 2. The third-order valence-electron chi connectivity index (χ3n) is 5.50. The molecule has 0 saturated heterocycles. The average molecular weight is 431 g/mol. The van der Waals surface area contributed by atoms with Gasteiger partial charge in [0.1, 0.15) is 5.70 Å². The zero-order valence-corrected chi connectivity index (χ0v) is 18.5. The van der Waals surface area contributed by atoms with E-state index in [0.29, 0.717) is 21.8 Å². The number of anilines is 1. The molecule has 1 aliphatic heterocycles. The number of nitrogens with one attached hydrogen (secondary N) is 1. The van der Waals surface area contributed by atoms with Gasteiger partial charge in [-0.2, -0.15) is 0 Å². The summed E-state index contributed by atoms with van der Waals surface area (Å²) in [5.41, 5.74) is 5.97. The highest BCUT2D eigenvalue weighted by atomic mass is 35.5. The molecule has 3 aromatic rings. The van der Waals surface area contributed by atoms with Crippen LogP contribution in [-0.2, 0) is 16.1 Å². The highest BCUT2D eigenvalue weighted by Gasteiger charge is 2.39. The third-order valence-corrected chi connectivity index (χ3v) is 5.91. The Hall–Kier alpha value is -3.37. The molecule has 0 bridgehead atoms. The van der Waals surface area contributed by atoms with Crippen LogP contribution in [0.5, 0.6) is 0 Å². The topological polar surface area (TPSA) is 49.4 Å². The van der Waals surface area contributed by atoms with Crippen molar-refractivity contribution in [2.45, 2.75) is 27.3 Å². The summed E-state index contributed by atoms with van der Waals surface area (Å²) in [6, 6.07) is 20.9. The van der Waals surface area contributed by atoms with E-state index in [9.17, 15) is 9.59 Å². The fourth-order valence-corrected chi connectivity index (χ4v) is 3.75. The maximum absolute atomic E-state index is 13.4. The molecule has 0 fully saturated rings. The number of halogens is 1. The molecule has 0 saturated carbocycles. The lowest BCUT2D eigenvalue weighted by atomic mass is 10.0. The molecule has 1 N–H and O–H groups in total. The van der Waals surface area contributed by atoms with Gasteiger partial charge in [0, 0.05) is 10.7 Å². The van der Waals surface area contributed by atoms with Crippen molar-refractivity contribution in [1.82, 2.24) is 4.90 Å². The summed E-state index contributed by atoms with van der Waals surface area (Å²) in [6.07, 6.45) is 0. The van der Waals surface area contributed by atoms with Gasteiger partial charge in [0.2, 0.25) is 0 Å². The van der Waals surface area contributed by atoms with Crippen LogP contribution in [0.15, 0.2) is 72.4 Å². The number of benzene rings is 3. The minimum atomic E-state index is -0.347. The van der Waals surface area contributed by atoms with E-state index in [1.807, 2.05) is 81.4 Å². The average Bonchev–Trinajstić information content (AvgIpc) is 2.98. The molecule has 3 aromatic carbocycles. The van der Waals surface area contributed by atoms with E-state index < -0.39 is 0 Å². The first-order valence-electron chi connectivity index (χ1n) is 10.1. The van der Waals surface area contributed by atoms with Gasteiger partial charge in [-0.1, -0.05) is 77.3 Å². The number of aryl methyl sites for hydroxylation is 2. The van der Waals surface area contributed by atoms with Crippen LogP contribution < -0.4 is 5.32 Å². The molecule has 1 aliphatic rings. The number of nitrogens with zero attached hydrogens (tertiary/aromatic N) is 1. The molecule has 4 nitrogen and oxygen atoms in total. The number of carbonyl (C=O) groups excluding carboxylic acids is 2. The van der Waals surface area contributed by atoms with Crippen molar-refractivity contribution in [2.75, 3.05) is 5.32 Å². The molecule has 4 rings (SSSR count). The minimum absolute atomic E-state index is 0.215. The first kappa shape index (κ1) is 20.9. The van der Waals surface area contributed by atoms with Gasteiger partial charge in [-0.05, 0) is 49.6 Å². The molecule has 5 heteroatoms. The van der Waals surface area contributed by atoms with Crippen LogP contribution in [0.2, 0.25) is 5.02 Å². The summed E-state index contributed by atoms with van der Waals surface area (Å²) in [7, 11) is 0. The maximum atomic E-state index is 13.4. The Balaban J connectivity index is 1.76. The predicted molar refractivity (Wildman–Crippen MR) is 125 cm³/mol. The predicted octanol–water partition coefficient (Wildman–Crippen LogP) is 5.66. The van der Waals surface area contributed by atoms with Gasteiger partial charge in [-0.15, -0.1) is 0 Å². The van der Waals surface area contributed by atoms with Crippen molar-refractivity contribution >= 4 is 34.7 Å². The first-order valence-corrected chi connectivity index (χ1v) is 10.5. The smallest absolute Gasteiger partial charge is 0.278 e. The lowest BCUT2D eigenvalue weighted by Gasteiger charge is -2.16. The van der Waals surface area contributed by atoms with Crippen molar-refractivity contribution < 1.29 is 9.59 Å². The van der Waals surface area contributed by atoms with E-state index in [1.54, 1.807) is 6.07 Å². The quantitative estimate of drug-likeness (QED) is 0.531. The number of imide groups is 1. The third kappa shape index (κ3) is 4.12. The molecular weight excluding hydrogens is 408 g/mol. The highest BCUT2D eigenvalue weighted by Crippen LogP contribution is 2.33. The van der Waals surface area contributed by atoms with E-state index >= 15 is 0 Å². The molecular formula is C26H23ClN2O2. The van der Waals surface area contributed by atoms with Crippen LogP contribution in [0.3, 0.4) is 0 Å². The second-order valence-electron chi connectivity index (χ2n) is 7.84. The molecule has 0 spiro atoms. The largest absolute Gasteiger partial charge is 0.350 e. The van der Waals surface area contributed by atoms with Crippen molar-refractivity contribution in [1.29, 1.82) is 0 Å². The first-order chi connectivity index (χ1) is 14.8. The van der Waals surface area contributed by atoms with Crippen LogP contribution in [0.25, 0.3) is 5.57 Å². The molecule has 0 unspecified atom stereocenters. The number of hydrogen-bond acceptors (Lipinski definition) is 3. The highest BCUT2D eigenvalue weighted by molar-refractivity contribution is 6.36. The molecule has 0 aromatic heterocycles. The van der Waals surface area contributed by atoms with E-state index in [0.717, 1.165) is 22.3 Å². The Labute approximate surface area is 187 Å². The zero-order chi connectivity index (χ0) is 22.1. The summed E-state index contributed by atoms with van der Waals surface area (Å²) in [5.74, 6) is -0.655. The van der Waals surface area contributed by atoms with Crippen LogP contribution >= 0.6 is 11.6 Å². The van der Waals surface area contributed by atoms with Crippen molar-refractivity contribution in [3.63, 3.8) is 0 Å². The molecule has 0 atom stereocenters. The molecule has 31 heavy (non-hydrogen) atoms. The second kappa shape index (κ2) is 8.40. The summed E-state index contributed by atoms with van der Waals surface area (Å²) in [4.78, 5) is 28.1. The van der Waals surface area contributed by atoms with Crippen LogP contribution in [0.4, 0.5) is 5.69 Å². The Morgan fingerprint density at radius 3 is 2.06 bits per heavy atom. The zero-order valence-electron chi connectivity index (χ0n) is 17.7. The van der Waals surface area contributed by atoms with Gasteiger partial charge in [0.25, 0.3) is 11.8 Å². The van der Waals surface area contributed by atoms with Gasteiger partial charge in [-0.25, -0.2) is 0 Å². The summed E-state index contributed by atoms with van der Waals surface area (Å²) < 4.78 is 0. The lowest BCUT2D eigenvalue weighted by molar-refractivity contribution is -0.137. The van der Waals surface area contributed by atoms with E-state index in [1.165, 1.54) is 4.90 Å². The lowest BCUT2D eigenvalue weighted by Crippen LogP contribution is -2.32. The van der Waals surface area contributed by atoms with Crippen LogP contribution in [0, 0.1) is 20.8 Å². The van der Waals surface area contributed by atoms with E-state index in [4.69, 9.17) is 11.6 Å². The standard InChI is InChI=1S/C26H23ClN2O2/c1-16-7-11-19(12-8-16)15-29-25(30)23(20-13-9-17(2)10-14-20)24(26(29)31)28-22-6-4-5-21(27)18(22)3/h4-14,28H,15H2,1-3H3. The molecule has 0 radical (unpaired) electrons. The summed E-state index contributed by atoms with van der Waals surface area (Å²) in [5, 5.41) is 3.79. The number of amides is 2. The fourth-order valence-electron chi connectivity index (χ4n) is 3.58. The molecule has 2 amide bonds. The SMILES string of the molecule is Cc1ccc(CN2C(=O)C(Nc3cccc(Cl)c3C)=C(c3ccc(C)cc3)C2=O)cc1. The Morgan fingerprint density at radius 1 is 0.806 bits per heavy atom. The van der Waals surface area contributed by atoms with Gasteiger partial charge < -0.3 is 5.32 Å². The monoisotopic (exact) mass is 430 g/mol. The van der Waals surface area contributed by atoms with Crippen LogP contribution in [0.1, 0.15) is 27.8 Å². The van der Waals surface area contributed by atoms with E-state index in [-0.39, 0.29) is 24.1 Å². The normalized spacial score (nSPS) is 13.9. The second-order valence-corrected chi connectivity index (χ2v) is 8.24. The number of hydrogen-bond donors (Lipinski definition) is 1. The maximum Gasteiger partial charge on any atom is 0.278 e. The van der Waals surface area contributed by atoms with Crippen molar-refractivity contribution in [2.24, 2.45) is 0 Å². The van der Waals surface area contributed by atoms with Crippen LogP contribution in [-0.4, -0.2) is 16.7 Å². The van der Waals surface area contributed by atoms with Crippen molar-refractivity contribution in [3.05, 3.63) is 105 Å². The fraction of sp³-hybridized carbons (Fsp3) is 0.154. The van der Waals surface area contributed by atoms with E-state index in [2.05, 4.69) is 5.32 Å². The van der Waals surface area contributed by atoms with Gasteiger partial charge in [-0.3, -0.25) is 14.5 Å². The molecule has 0 aliphatic carbocycles. The van der Waals surface area contributed by atoms with Gasteiger partial charge >= 0.3 is 0 Å². The van der Waals surface area contributed by atoms with Gasteiger partial charge in [0.15, 0.2) is 0 Å². The molecule has 156 valence electrons.